The van der Waals surface area contributed by atoms with Gasteiger partial charge in [0, 0.05) is 18.1 Å². The summed E-state index contributed by atoms with van der Waals surface area (Å²) in [4.78, 5) is 14.6. The monoisotopic (exact) mass is 457 g/mol. The second-order valence-electron chi connectivity index (χ2n) is 6.70. The van der Waals surface area contributed by atoms with Gasteiger partial charge in [0.05, 0.1) is 37.4 Å². The van der Waals surface area contributed by atoms with Crippen LogP contribution in [0.4, 0.5) is 0 Å². The molecule has 0 bridgehead atoms. The Labute approximate surface area is 179 Å². The number of benzene rings is 2. The van der Waals surface area contributed by atoms with Crippen LogP contribution in [0.2, 0.25) is 0 Å². The molecule has 1 amide bonds. The molecule has 0 saturated heterocycles. The first-order valence-corrected chi connectivity index (χ1v) is 10.0. The van der Waals surface area contributed by atoms with Crippen molar-refractivity contribution in [2.75, 3.05) is 27.8 Å². The number of methoxy groups -OCH3 is 2. The molecular weight excluding hydrogens is 434 g/mol. The fraction of sp³-hybridized carbons (Fsp3) is 0.273. The Morgan fingerprint density at radius 2 is 1.79 bits per heavy atom. The van der Waals surface area contributed by atoms with Crippen molar-refractivity contribution in [3.63, 3.8) is 0 Å². The van der Waals surface area contributed by atoms with E-state index in [1.54, 1.807) is 37.0 Å². The number of halogens is 1. The van der Waals surface area contributed by atoms with Crippen LogP contribution in [0.1, 0.15) is 21.6 Å². The van der Waals surface area contributed by atoms with E-state index in [1.807, 2.05) is 49.4 Å². The van der Waals surface area contributed by atoms with Crippen molar-refractivity contribution in [2.45, 2.75) is 13.3 Å². The normalized spacial score (nSPS) is 10.7. The molecule has 1 heterocycles. The summed E-state index contributed by atoms with van der Waals surface area (Å²) in [6.45, 7) is 2.49. The average Bonchev–Trinajstić information content (AvgIpc) is 3.12. The zero-order valence-corrected chi connectivity index (χ0v) is 18.6. The molecule has 0 aliphatic carbocycles. The minimum Gasteiger partial charge on any atom is -0.493 e. The number of amides is 1. The minimum absolute atomic E-state index is 0.0497. The Morgan fingerprint density at radius 1 is 1.10 bits per heavy atom. The van der Waals surface area contributed by atoms with Crippen LogP contribution in [-0.4, -0.2) is 48.4 Å². The van der Waals surface area contributed by atoms with Gasteiger partial charge in [0.1, 0.15) is 0 Å². The first kappa shape index (κ1) is 20.9. The van der Waals surface area contributed by atoms with E-state index in [-0.39, 0.29) is 5.91 Å². The van der Waals surface area contributed by atoms with Crippen molar-refractivity contribution in [1.29, 1.82) is 0 Å². The molecule has 0 unspecified atom stereocenters. The van der Waals surface area contributed by atoms with Crippen molar-refractivity contribution >= 4 is 21.8 Å². The average molecular weight is 458 g/mol. The maximum Gasteiger partial charge on any atom is 0.257 e. The summed E-state index contributed by atoms with van der Waals surface area (Å²) < 4.78 is 13.4. The van der Waals surface area contributed by atoms with Crippen LogP contribution in [0.25, 0.3) is 5.69 Å². The van der Waals surface area contributed by atoms with Crippen molar-refractivity contribution in [3.8, 4) is 17.2 Å². The predicted octanol–water partition coefficient (Wildman–Crippen LogP) is 4.28. The molecule has 0 aliphatic heterocycles. The lowest BCUT2D eigenvalue weighted by Gasteiger charge is -2.17. The third-order valence-electron chi connectivity index (χ3n) is 4.84. The van der Waals surface area contributed by atoms with E-state index in [9.17, 15) is 4.79 Å². The van der Waals surface area contributed by atoms with Gasteiger partial charge in [-0.3, -0.25) is 4.79 Å². The summed E-state index contributed by atoms with van der Waals surface area (Å²) in [6.07, 6.45) is 2.34. The molecule has 0 N–H and O–H groups in total. The van der Waals surface area contributed by atoms with Gasteiger partial charge in [-0.25, -0.2) is 4.68 Å². The van der Waals surface area contributed by atoms with Crippen molar-refractivity contribution < 1.29 is 14.3 Å². The van der Waals surface area contributed by atoms with Gasteiger partial charge < -0.3 is 14.4 Å². The van der Waals surface area contributed by atoms with E-state index in [1.165, 1.54) is 0 Å². The van der Waals surface area contributed by atoms with Crippen LogP contribution in [0.15, 0.2) is 53.1 Å². The molecule has 6 nitrogen and oxygen atoms in total. The van der Waals surface area contributed by atoms with Gasteiger partial charge in [-0.05, 0) is 55.3 Å². The lowest BCUT2D eigenvalue weighted by atomic mass is 10.1. The molecule has 0 aliphatic rings. The second kappa shape index (κ2) is 9.13. The predicted molar refractivity (Wildman–Crippen MR) is 116 cm³/mol. The van der Waals surface area contributed by atoms with E-state index in [0.717, 1.165) is 21.4 Å². The molecule has 0 fully saturated rings. The summed E-state index contributed by atoms with van der Waals surface area (Å²) in [5.41, 5.74) is 3.40. The zero-order valence-electron chi connectivity index (χ0n) is 17.0. The topological polar surface area (TPSA) is 56.6 Å². The fourth-order valence-electron chi connectivity index (χ4n) is 3.10. The molecule has 7 heteroatoms. The van der Waals surface area contributed by atoms with Gasteiger partial charge in [0.25, 0.3) is 5.91 Å². The minimum atomic E-state index is -0.0497. The Hall–Kier alpha value is -2.80. The fourth-order valence-corrected chi connectivity index (χ4v) is 3.37. The highest BCUT2D eigenvalue weighted by atomic mass is 79.9. The number of aromatic nitrogens is 2. The largest absolute Gasteiger partial charge is 0.493 e. The highest BCUT2D eigenvalue weighted by Gasteiger charge is 2.19. The van der Waals surface area contributed by atoms with Gasteiger partial charge in [0.2, 0.25) is 0 Å². The van der Waals surface area contributed by atoms with Gasteiger partial charge >= 0.3 is 0 Å². The molecule has 0 atom stereocenters. The standard InChI is InChI=1S/C22H24BrN3O3/c1-15-19(14-24-26(15)18-8-6-17(23)7-9-18)22(27)25(2)12-11-16-5-10-20(28-3)21(13-16)29-4/h5-10,13-14H,11-12H2,1-4H3. The summed E-state index contributed by atoms with van der Waals surface area (Å²) in [5, 5.41) is 4.40. The van der Waals surface area contributed by atoms with E-state index in [2.05, 4.69) is 21.0 Å². The number of nitrogens with zero attached hydrogens (tertiary/aromatic N) is 3. The van der Waals surface area contributed by atoms with E-state index in [4.69, 9.17) is 9.47 Å². The summed E-state index contributed by atoms with van der Waals surface area (Å²) in [5.74, 6) is 1.33. The quantitative estimate of drug-likeness (QED) is 0.531. The highest BCUT2D eigenvalue weighted by Crippen LogP contribution is 2.27. The number of carbonyl (C=O) groups is 1. The summed E-state index contributed by atoms with van der Waals surface area (Å²) >= 11 is 3.43. The molecule has 0 radical (unpaired) electrons. The number of likely N-dealkylation sites (N-methyl/N-ethyl adjacent to an activating group) is 1. The lowest BCUT2D eigenvalue weighted by molar-refractivity contribution is 0.0796. The van der Waals surface area contributed by atoms with Crippen LogP contribution >= 0.6 is 15.9 Å². The molecule has 2 aromatic carbocycles. The van der Waals surface area contributed by atoms with Crippen LogP contribution in [0.5, 0.6) is 11.5 Å². The molecule has 152 valence electrons. The third-order valence-corrected chi connectivity index (χ3v) is 5.37. The van der Waals surface area contributed by atoms with E-state index in [0.29, 0.717) is 30.0 Å². The first-order chi connectivity index (χ1) is 13.9. The third kappa shape index (κ3) is 4.62. The number of rotatable bonds is 7. The second-order valence-corrected chi connectivity index (χ2v) is 7.61. The van der Waals surface area contributed by atoms with Crippen molar-refractivity contribution in [3.05, 3.63) is 70.0 Å². The van der Waals surface area contributed by atoms with Crippen LogP contribution in [0.3, 0.4) is 0 Å². The van der Waals surface area contributed by atoms with Gasteiger partial charge in [-0.1, -0.05) is 22.0 Å². The number of ether oxygens (including phenoxy) is 2. The number of carbonyl (C=O) groups excluding carboxylic acids is 1. The maximum absolute atomic E-state index is 12.9. The molecule has 0 spiro atoms. The molecule has 3 rings (SSSR count). The first-order valence-electron chi connectivity index (χ1n) is 9.21. The van der Waals surface area contributed by atoms with Crippen molar-refractivity contribution in [1.82, 2.24) is 14.7 Å². The Balaban J connectivity index is 1.70. The summed E-state index contributed by atoms with van der Waals surface area (Å²) in [7, 11) is 5.03. The van der Waals surface area contributed by atoms with Gasteiger partial charge in [-0.2, -0.15) is 5.10 Å². The Bertz CT molecular complexity index is 999. The lowest BCUT2D eigenvalue weighted by Crippen LogP contribution is -2.29. The highest BCUT2D eigenvalue weighted by molar-refractivity contribution is 9.10. The zero-order chi connectivity index (χ0) is 21.0. The SMILES string of the molecule is COc1ccc(CCN(C)C(=O)c2cnn(-c3ccc(Br)cc3)c2C)cc1OC. The van der Waals surface area contributed by atoms with Gasteiger partial charge in [0.15, 0.2) is 11.5 Å². The molecule has 0 saturated carbocycles. The summed E-state index contributed by atoms with van der Waals surface area (Å²) in [6, 6.07) is 13.6. The number of hydrogen-bond donors (Lipinski definition) is 0. The van der Waals surface area contributed by atoms with Gasteiger partial charge in [-0.15, -0.1) is 0 Å². The van der Waals surface area contributed by atoms with E-state index >= 15 is 0 Å². The Morgan fingerprint density at radius 3 is 2.45 bits per heavy atom. The molecule has 1 aromatic heterocycles. The van der Waals surface area contributed by atoms with Crippen LogP contribution < -0.4 is 9.47 Å². The smallest absolute Gasteiger partial charge is 0.257 e. The molecular formula is C22H24BrN3O3. The van der Waals surface area contributed by atoms with Crippen LogP contribution in [-0.2, 0) is 6.42 Å². The number of hydrogen-bond acceptors (Lipinski definition) is 4. The van der Waals surface area contributed by atoms with Crippen LogP contribution in [0, 0.1) is 6.92 Å². The molecule has 3 aromatic rings. The Kier molecular flexibility index (Phi) is 6.59. The maximum atomic E-state index is 12.9. The van der Waals surface area contributed by atoms with Crippen molar-refractivity contribution in [2.24, 2.45) is 0 Å². The van der Waals surface area contributed by atoms with E-state index < -0.39 is 0 Å². The molecule has 29 heavy (non-hydrogen) atoms.